The summed E-state index contributed by atoms with van der Waals surface area (Å²) in [5, 5.41) is 0. The fourth-order valence-corrected chi connectivity index (χ4v) is 1.76. The van der Waals surface area contributed by atoms with Crippen molar-refractivity contribution in [3.05, 3.63) is 48.0 Å². The Morgan fingerprint density at radius 1 is 0.950 bits per heavy atom. The summed E-state index contributed by atoms with van der Waals surface area (Å²) in [7, 11) is 0. The maximum atomic E-state index is 12.6. The van der Waals surface area contributed by atoms with E-state index in [0.29, 0.717) is 4.90 Å². The van der Waals surface area contributed by atoms with Crippen molar-refractivity contribution in [2.45, 2.75) is 9.79 Å². The van der Waals surface area contributed by atoms with Gasteiger partial charge in [0.05, 0.1) is 11.4 Å². The number of hydrogen-bond donors (Lipinski definition) is 3. The molecule has 7 heteroatoms. The molecule has 0 aliphatic carbocycles. The lowest BCUT2D eigenvalue weighted by Gasteiger charge is -1.97. The van der Waals surface area contributed by atoms with Gasteiger partial charge in [-0.15, -0.1) is 24.4 Å². The molecule has 0 unspecified atom stereocenters. The second-order valence-electron chi connectivity index (χ2n) is 3.59. The SMILES string of the molecule is CSc1ccc(N)c(F)c1.Nc1ccc(S)cc1F.[SH-]. The predicted molar refractivity (Wildman–Crippen MR) is 89.4 cm³/mol. The Morgan fingerprint density at radius 3 is 1.85 bits per heavy atom. The molecule has 0 fully saturated rings. The highest BCUT2D eigenvalue weighted by Gasteiger charge is 1.97. The van der Waals surface area contributed by atoms with Crippen molar-refractivity contribution in [3.63, 3.8) is 0 Å². The number of thiol groups is 2. The zero-order chi connectivity index (χ0) is 14.4. The van der Waals surface area contributed by atoms with E-state index in [1.165, 1.54) is 30.0 Å². The van der Waals surface area contributed by atoms with Crippen LogP contribution in [0.2, 0.25) is 0 Å². The van der Waals surface area contributed by atoms with Crippen LogP contribution in [-0.4, -0.2) is 6.26 Å². The molecule has 0 saturated heterocycles. The molecule has 2 rings (SSSR count). The van der Waals surface area contributed by atoms with Gasteiger partial charge in [0.2, 0.25) is 0 Å². The summed E-state index contributed by atoms with van der Waals surface area (Å²) in [5.74, 6) is -0.755. The lowest BCUT2D eigenvalue weighted by Crippen LogP contribution is -1.88. The van der Waals surface area contributed by atoms with Crippen LogP contribution in [0.15, 0.2) is 46.2 Å². The molecule has 0 bridgehead atoms. The number of rotatable bonds is 1. The van der Waals surface area contributed by atoms with Crippen LogP contribution in [-0.2, 0) is 13.5 Å². The minimum absolute atomic E-state index is 0. The minimum atomic E-state index is -0.414. The minimum Gasteiger partial charge on any atom is -0.813 e. The van der Waals surface area contributed by atoms with Gasteiger partial charge in [0.15, 0.2) is 0 Å². The third-order valence-electron chi connectivity index (χ3n) is 2.19. The fourth-order valence-electron chi connectivity index (χ4n) is 1.15. The van der Waals surface area contributed by atoms with Crippen molar-refractivity contribution >= 4 is 49.3 Å². The summed E-state index contributed by atoms with van der Waals surface area (Å²) >= 11 is 5.40. The van der Waals surface area contributed by atoms with E-state index in [2.05, 4.69) is 12.6 Å². The van der Waals surface area contributed by atoms with Crippen molar-refractivity contribution in [2.75, 3.05) is 17.7 Å². The van der Waals surface area contributed by atoms with Gasteiger partial charge in [0.25, 0.3) is 0 Å². The van der Waals surface area contributed by atoms with E-state index in [0.717, 1.165) is 4.90 Å². The van der Waals surface area contributed by atoms with E-state index in [-0.39, 0.29) is 30.7 Å². The number of halogens is 2. The van der Waals surface area contributed by atoms with Gasteiger partial charge in [0.1, 0.15) is 11.6 Å². The van der Waals surface area contributed by atoms with E-state index in [9.17, 15) is 8.78 Å². The van der Waals surface area contributed by atoms with Crippen LogP contribution >= 0.6 is 24.4 Å². The van der Waals surface area contributed by atoms with Crippen LogP contribution in [0.1, 0.15) is 0 Å². The average Bonchev–Trinajstić information content (AvgIpc) is 2.38. The summed E-state index contributed by atoms with van der Waals surface area (Å²) in [6.07, 6.45) is 1.89. The first-order chi connectivity index (χ1) is 8.93. The predicted octanol–water partition coefficient (Wildman–Crippen LogP) is 3.56. The van der Waals surface area contributed by atoms with Crippen LogP contribution in [0.3, 0.4) is 0 Å². The molecule has 20 heavy (non-hydrogen) atoms. The number of nitrogens with two attached hydrogens (primary N) is 2. The average molecular weight is 333 g/mol. The highest BCUT2D eigenvalue weighted by Crippen LogP contribution is 2.19. The third-order valence-corrected chi connectivity index (χ3v) is 3.20. The quantitative estimate of drug-likeness (QED) is 0.323. The van der Waals surface area contributed by atoms with Crippen molar-refractivity contribution in [3.8, 4) is 0 Å². The van der Waals surface area contributed by atoms with Crippen LogP contribution < -0.4 is 11.5 Å². The van der Waals surface area contributed by atoms with E-state index < -0.39 is 5.82 Å². The van der Waals surface area contributed by atoms with E-state index in [1.807, 2.05) is 6.26 Å². The fraction of sp³-hybridized carbons (Fsp3) is 0.0769. The Morgan fingerprint density at radius 2 is 1.45 bits per heavy atom. The molecule has 0 spiro atoms. The molecule has 110 valence electrons. The lowest BCUT2D eigenvalue weighted by molar-refractivity contribution is 0.629. The molecule has 0 radical (unpaired) electrons. The Kier molecular flexibility index (Phi) is 8.52. The van der Waals surface area contributed by atoms with Gasteiger partial charge in [0, 0.05) is 9.79 Å². The summed E-state index contributed by atoms with van der Waals surface area (Å²) < 4.78 is 25.0. The van der Waals surface area contributed by atoms with E-state index in [1.54, 1.807) is 18.2 Å². The molecule has 0 amide bonds. The van der Waals surface area contributed by atoms with E-state index in [4.69, 9.17) is 11.5 Å². The lowest BCUT2D eigenvalue weighted by atomic mass is 10.3. The summed E-state index contributed by atoms with van der Waals surface area (Å²) in [6, 6.07) is 9.20. The standard InChI is InChI=1S/C7H8FNS.C6H6FNS.H2S/c1-10-5-2-3-7(9)6(8)4-5;7-5-3-4(9)1-2-6(5)8;/h2-4H,9H2,1H3;1-3,9H,8H2;1H2/p-1. The number of nitrogen functional groups attached to an aromatic ring is 2. The summed E-state index contributed by atoms with van der Waals surface area (Å²) in [6.45, 7) is 0. The zero-order valence-electron chi connectivity index (χ0n) is 10.7. The Labute approximate surface area is 133 Å². The number of anilines is 2. The zero-order valence-corrected chi connectivity index (χ0v) is 13.3. The molecule has 2 aromatic rings. The van der Waals surface area contributed by atoms with Crippen LogP contribution in [0.4, 0.5) is 20.2 Å². The molecule has 0 heterocycles. The van der Waals surface area contributed by atoms with E-state index >= 15 is 0 Å². The first-order valence-corrected chi connectivity index (χ1v) is 6.94. The Hall–Kier alpha value is -1.05. The van der Waals surface area contributed by atoms with Crippen LogP contribution in [0.25, 0.3) is 0 Å². The third kappa shape index (κ3) is 5.94. The molecule has 0 aliphatic rings. The van der Waals surface area contributed by atoms with Gasteiger partial charge in [-0.05, 0) is 42.7 Å². The summed E-state index contributed by atoms with van der Waals surface area (Å²) in [5.41, 5.74) is 10.8. The van der Waals surface area contributed by atoms with Gasteiger partial charge < -0.3 is 25.0 Å². The van der Waals surface area contributed by atoms with Crippen molar-refractivity contribution in [2.24, 2.45) is 0 Å². The molecular formula is C13H15F2N2S3-. The Balaban J connectivity index is 0.000000345. The first kappa shape index (κ1) is 18.9. The van der Waals surface area contributed by atoms with Gasteiger partial charge in [-0.2, -0.15) is 0 Å². The highest BCUT2D eigenvalue weighted by atomic mass is 32.2. The van der Waals surface area contributed by atoms with Gasteiger partial charge in [-0.1, -0.05) is 0 Å². The smallest absolute Gasteiger partial charge is 0.147 e. The first-order valence-electron chi connectivity index (χ1n) is 5.27. The monoisotopic (exact) mass is 333 g/mol. The summed E-state index contributed by atoms with van der Waals surface area (Å²) in [4.78, 5) is 1.48. The van der Waals surface area contributed by atoms with Crippen molar-refractivity contribution in [1.29, 1.82) is 0 Å². The number of hydrogen-bond acceptors (Lipinski definition) is 5. The maximum Gasteiger partial charge on any atom is 0.147 e. The van der Waals surface area contributed by atoms with Gasteiger partial charge >= 0.3 is 0 Å². The largest absolute Gasteiger partial charge is 0.813 e. The number of thioether (sulfide) groups is 1. The molecule has 0 aromatic heterocycles. The van der Waals surface area contributed by atoms with Crippen LogP contribution in [0, 0.1) is 11.6 Å². The topological polar surface area (TPSA) is 52.0 Å². The van der Waals surface area contributed by atoms with Crippen LogP contribution in [0.5, 0.6) is 0 Å². The molecule has 0 saturated carbocycles. The Bertz CT molecular complexity index is 565. The molecule has 4 N–H and O–H groups in total. The van der Waals surface area contributed by atoms with Crippen molar-refractivity contribution < 1.29 is 8.78 Å². The normalized spacial score (nSPS) is 9.20. The second kappa shape index (κ2) is 8.99. The highest BCUT2D eigenvalue weighted by molar-refractivity contribution is 7.98. The van der Waals surface area contributed by atoms with Gasteiger partial charge in [-0.3, -0.25) is 0 Å². The van der Waals surface area contributed by atoms with Gasteiger partial charge in [-0.25, -0.2) is 8.78 Å². The molecule has 2 aromatic carbocycles. The number of benzene rings is 2. The molecule has 0 aliphatic heterocycles. The molecular weight excluding hydrogens is 318 g/mol. The molecule has 0 atom stereocenters. The second-order valence-corrected chi connectivity index (χ2v) is 4.99. The van der Waals surface area contributed by atoms with Crippen molar-refractivity contribution in [1.82, 2.24) is 0 Å². The molecule has 2 nitrogen and oxygen atoms in total. The maximum absolute atomic E-state index is 12.6.